The Balaban J connectivity index is 2.17. The number of ether oxygens (including phenoxy) is 1. The minimum atomic E-state index is -0.402. The van der Waals surface area contributed by atoms with Gasteiger partial charge in [0.15, 0.2) is 0 Å². The predicted molar refractivity (Wildman–Crippen MR) is 75.9 cm³/mol. The SMILES string of the molecule is COc1cccc(CNc2cc(C)ccc2[N+](=O)[O-])n1. The zero-order valence-electron chi connectivity index (χ0n) is 11.3. The quantitative estimate of drug-likeness (QED) is 0.669. The number of nitro benzene ring substituents is 1. The van der Waals surface area contributed by atoms with Gasteiger partial charge in [0.1, 0.15) is 5.69 Å². The van der Waals surface area contributed by atoms with Gasteiger partial charge >= 0.3 is 0 Å². The molecule has 1 aromatic heterocycles. The van der Waals surface area contributed by atoms with Crippen LogP contribution in [0.5, 0.6) is 5.88 Å². The van der Waals surface area contributed by atoms with Crippen molar-refractivity contribution in [1.82, 2.24) is 4.98 Å². The molecule has 2 rings (SSSR count). The molecule has 0 fully saturated rings. The van der Waals surface area contributed by atoms with Gasteiger partial charge in [-0.25, -0.2) is 4.98 Å². The molecule has 1 N–H and O–H groups in total. The molecule has 6 nitrogen and oxygen atoms in total. The number of nitro groups is 1. The van der Waals surface area contributed by atoms with E-state index in [-0.39, 0.29) is 5.69 Å². The molecular weight excluding hydrogens is 258 g/mol. The minimum Gasteiger partial charge on any atom is -0.481 e. The van der Waals surface area contributed by atoms with Gasteiger partial charge in [0.25, 0.3) is 5.69 Å². The van der Waals surface area contributed by atoms with E-state index >= 15 is 0 Å². The van der Waals surface area contributed by atoms with Crippen molar-refractivity contribution in [3.05, 3.63) is 57.8 Å². The van der Waals surface area contributed by atoms with Gasteiger partial charge in [-0.3, -0.25) is 10.1 Å². The Labute approximate surface area is 116 Å². The first kappa shape index (κ1) is 13.8. The summed E-state index contributed by atoms with van der Waals surface area (Å²) in [5.74, 6) is 0.517. The lowest BCUT2D eigenvalue weighted by atomic mass is 10.2. The fourth-order valence-corrected chi connectivity index (χ4v) is 1.81. The van der Waals surface area contributed by atoms with Crippen molar-refractivity contribution < 1.29 is 9.66 Å². The molecule has 20 heavy (non-hydrogen) atoms. The molecule has 0 saturated heterocycles. The summed E-state index contributed by atoms with van der Waals surface area (Å²) in [7, 11) is 1.55. The molecule has 1 heterocycles. The maximum Gasteiger partial charge on any atom is 0.292 e. The van der Waals surface area contributed by atoms with E-state index in [9.17, 15) is 10.1 Å². The number of benzene rings is 1. The molecule has 0 aliphatic heterocycles. The molecule has 0 aliphatic carbocycles. The lowest BCUT2D eigenvalue weighted by Gasteiger charge is -2.08. The van der Waals surface area contributed by atoms with Gasteiger partial charge < -0.3 is 10.1 Å². The van der Waals surface area contributed by atoms with Crippen molar-refractivity contribution in [3.8, 4) is 5.88 Å². The van der Waals surface area contributed by atoms with Crippen LogP contribution in [0.4, 0.5) is 11.4 Å². The number of rotatable bonds is 5. The Hall–Kier alpha value is -2.63. The van der Waals surface area contributed by atoms with E-state index in [0.29, 0.717) is 18.1 Å². The monoisotopic (exact) mass is 273 g/mol. The number of aromatic nitrogens is 1. The van der Waals surface area contributed by atoms with E-state index in [1.165, 1.54) is 6.07 Å². The second-order valence-corrected chi connectivity index (χ2v) is 4.30. The number of nitrogens with one attached hydrogen (secondary N) is 1. The number of pyridine rings is 1. The van der Waals surface area contributed by atoms with Crippen LogP contribution in [0.1, 0.15) is 11.3 Å². The topological polar surface area (TPSA) is 77.3 Å². The molecular formula is C14H15N3O3. The summed E-state index contributed by atoms with van der Waals surface area (Å²) in [5, 5.41) is 14.0. The molecule has 0 unspecified atom stereocenters. The molecule has 0 aliphatic rings. The van der Waals surface area contributed by atoms with Crippen LogP contribution in [0.2, 0.25) is 0 Å². The van der Waals surface area contributed by atoms with Gasteiger partial charge in [-0.2, -0.15) is 0 Å². The fourth-order valence-electron chi connectivity index (χ4n) is 1.81. The zero-order valence-corrected chi connectivity index (χ0v) is 11.3. The number of methoxy groups -OCH3 is 1. The summed E-state index contributed by atoms with van der Waals surface area (Å²) < 4.78 is 5.04. The van der Waals surface area contributed by atoms with Gasteiger partial charge in [0.2, 0.25) is 5.88 Å². The van der Waals surface area contributed by atoms with Crippen molar-refractivity contribution in [2.75, 3.05) is 12.4 Å². The summed E-state index contributed by atoms with van der Waals surface area (Å²) in [6, 6.07) is 10.4. The summed E-state index contributed by atoms with van der Waals surface area (Å²) in [6.45, 7) is 2.28. The van der Waals surface area contributed by atoms with Gasteiger partial charge in [0.05, 0.1) is 24.3 Å². The Morgan fingerprint density at radius 2 is 2.15 bits per heavy atom. The smallest absolute Gasteiger partial charge is 0.292 e. The van der Waals surface area contributed by atoms with Crippen LogP contribution >= 0.6 is 0 Å². The van der Waals surface area contributed by atoms with Crippen LogP contribution in [-0.4, -0.2) is 17.0 Å². The Bertz CT molecular complexity index is 629. The normalized spacial score (nSPS) is 10.1. The van der Waals surface area contributed by atoms with Crippen molar-refractivity contribution in [2.45, 2.75) is 13.5 Å². The van der Waals surface area contributed by atoms with Crippen LogP contribution in [0, 0.1) is 17.0 Å². The molecule has 2 aromatic rings. The summed E-state index contributed by atoms with van der Waals surface area (Å²) >= 11 is 0. The van der Waals surface area contributed by atoms with Crippen LogP contribution < -0.4 is 10.1 Å². The van der Waals surface area contributed by atoms with Crippen LogP contribution in [0.15, 0.2) is 36.4 Å². The van der Waals surface area contributed by atoms with Gasteiger partial charge in [-0.15, -0.1) is 0 Å². The van der Waals surface area contributed by atoms with Gasteiger partial charge in [-0.05, 0) is 24.6 Å². The molecule has 0 amide bonds. The van der Waals surface area contributed by atoms with Crippen LogP contribution in [0.25, 0.3) is 0 Å². The second kappa shape index (κ2) is 6.01. The van der Waals surface area contributed by atoms with E-state index in [4.69, 9.17) is 4.74 Å². The summed E-state index contributed by atoms with van der Waals surface area (Å²) in [4.78, 5) is 14.8. The molecule has 0 spiro atoms. The molecule has 6 heteroatoms. The highest BCUT2D eigenvalue weighted by molar-refractivity contribution is 5.62. The number of nitrogens with zero attached hydrogens (tertiary/aromatic N) is 2. The third kappa shape index (κ3) is 3.23. The predicted octanol–water partition coefficient (Wildman–Crippen LogP) is 2.92. The van der Waals surface area contributed by atoms with E-state index in [0.717, 1.165) is 11.3 Å². The molecule has 0 atom stereocenters. The van der Waals surface area contributed by atoms with Gasteiger partial charge in [-0.1, -0.05) is 12.1 Å². The largest absolute Gasteiger partial charge is 0.481 e. The first-order valence-electron chi connectivity index (χ1n) is 6.09. The second-order valence-electron chi connectivity index (χ2n) is 4.30. The lowest BCUT2D eigenvalue weighted by molar-refractivity contribution is -0.384. The van der Waals surface area contributed by atoms with E-state index in [2.05, 4.69) is 10.3 Å². The molecule has 1 aromatic carbocycles. The third-order valence-electron chi connectivity index (χ3n) is 2.80. The molecule has 0 saturated carbocycles. The average Bonchev–Trinajstić information content (AvgIpc) is 2.45. The van der Waals surface area contributed by atoms with E-state index < -0.39 is 4.92 Å². The average molecular weight is 273 g/mol. The van der Waals surface area contributed by atoms with E-state index in [1.807, 2.05) is 19.1 Å². The lowest BCUT2D eigenvalue weighted by Crippen LogP contribution is -2.05. The highest BCUT2D eigenvalue weighted by Gasteiger charge is 2.13. The molecule has 0 bridgehead atoms. The van der Waals surface area contributed by atoms with E-state index in [1.54, 1.807) is 25.3 Å². The Morgan fingerprint density at radius 3 is 2.85 bits per heavy atom. The molecule has 104 valence electrons. The molecule has 0 radical (unpaired) electrons. The maximum absolute atomic E-state index is 11.0. The summed E-state index contributed by atoms with van der Waals surface area (Å²) in [5.41, 5.74) is 2.25. The van der Waals surface area contributed by atoms with Crippen molar-refractivity contribution in [1.29, 1.82) is 0 Å². The third-order valence-corrected chi connectivity index (χ3v) is 2.80. The maximum atomic E-state index is 11.0. The fraction of sp³-hybridized carbons (Fsp3) is 0.214. The van der Waals surface area contributed by atoms with Crippen molar-refractivity contribution >= 4 is 11.4 Å². The number of hydrogen-bond acceptors (Lipinski definition) is 5. The highest BCUT2D eigenvalue weighted by atomic mass is 16.6. The number of hydrogen-bond donors (Lipinski definition) is 1. The highest BCUT2D eigenvalue weighted by Crippen LogP contribution is 2.25. The summed E-state index contributed by atoms with van der Waals surface area (Å²) in [6.07, 6.45) is 0. The number of aryl methyl sites for hydroxylation is 1. The first-order valence-corrected chi connectivity index (χ1v) is 6.09. The van der Waals surface area contributed by atoms with Crippen LogP contribution in [-0.2, 0) is 6.54 Å². The van der Waals surface area contributed by atoms with Crippen molar-refractivity contribution in [2.24, 2.45) is 0 Å². The van der Waals surface area contributed by atoms with Crippen LogP contribution in [0.3, 0.4) is 0 Å². The first-order chi connectivity index (χ1) is 9.60. The Morgan fingerprint density at radius 1 is 1.35 bits per heavy atom. The Kier molecular flexibility index (Phi) is 4.14. The van der Waals surface area contributed by atoms with Gasteiger partial charge in [0, 0.05) is 12.1 Å². The zero-order chi connectivity index (χ0) is 14.5. The van der Waals surface area contributed by atoms with Crippen molar-refractivity contribution in [3.63, 3.8) is 0 Å². The minimum absolute atomic E-state index is 0.0542. The standard InChI is InChI=1S/C14H15N3O3/c1-10-6-7-13(17(18)19)12(8-10)15-9-11-4-3-5-14(16-11)20-2/h3-8,15H,9H2,1-2H3. The number of anilines is 1.